The van der Waals surface area contributed by atoms with Crippen LogP contribution in [0.25, 0.3) is 0 Å². The van der Waals surface area contributed by atoms with E-state index in [1.54, 1.807) is 18.3 Å². The van der Waals surface area contributed by atoms with Crippen molar-refractivity contribution in [2.75, 3.05) is 39.4 Å². The lowest BCUT2D eigenvalue weighted by molar-refractivity contribution is 0.0185. The standard InChI is InChI=1S/C15H22N4O2/c16-10-13-9-12(1-3-17-13)15(20)19-4-2-14(11-19)18-5-7-21-8-6-18/h1,3,9,14H,2,4-8,10-11,16H2. The van der Waals surface area contributed by atoms with Crippen LogP contribution in [0.15, 0.2) is 18.3 Å². The smallest absolute Gasteiger partial charge is 0.254 e. The van der Waals surface area contributed by atoms with Gasteiger partial charge in [0.25, 0.3) is 5.91 Å². The molecule has 0 aromatic carbocycles. The summed E-state index contributed by atoms with van der Waals surface area (Å²) < 4.78 is 5.39. The molecular formula is C15H22N4O2. The van der Waals surface area contributed by atoms with Gasteiger partial charge in [0, 0.05) is 50.5 Å². The van der Waals surface area contributed by atoms with Gasteiger partial charge in [-0.05, 0) is 18.6 Å². The van der Waals surface area contributed by atoms with E-state index < -0.39 is 0 Å². The van der Waals surface area contributed by atoms with Crippen LogP contribution < -0.4 is 5.73 Å². The summed E-state index contributed by atoms with van der Waals surface area (Å²) in [6, 6.07) is 4.03. The number of carbonyl (C=O) groups excluding carboxylic acids is 1. The molecule has 2 saturated heterocycles. The van der Waals surface area contributed by atoms with Crippen LogP contribution in [-0.2, 0) is 11.3 Å². The average molecular weight is 290 g/mol. The first-order valence-corrected chi connectivity index (χ1v) is 7.54. The number of aromatic nitrogens is 1. The number of amides is 1. The molecule has 3 heterocycles. The predicted molar refractivity (Wildman–Crippen MR) is 78.8 cm³/mol. The maximum atomic E-state index is 12.6. The number of hydrogen-bond donors (Lipinski definition) is 1. The number of ether oxygens (including phenoxy) is 1. The number of morpholine rings is 1. The third kappa shape index (κ3) is 3.23. The molecule has 114 valence electrons. The number of nitrogens with zero attached hydrogens (tertiary/aromatic N) is 3. The van der Waals surface area contributed by atoms with E-state index >= 15 is 0 Å². The summed E-state index contributed by atoms with van der Waals surface area (Å²) >= 11 is 0. The Hall–Kier alpha value is -1.50. The Kier molecular flexibility index (Phi) is 4.48. The van der Waals surface area contributed by atoms with Gasteiger partial charge in [-0.25, -0.2) is 0 Å². The molecule has 2 N–H and O–H groups in total. The van der Waals surface area contributed by atoms with E-state index in [0.717, 1.165) is 51.5 Å². The first kappa shape index (κ1) is 14.4. The maximum Gasteiger partial charge on any atom is 0.254 e. The molecule has 0 saturated carbocycles. The van der Waals surface area contributed by atoms with Crippen molar-refractivity contribution in [3.63, 3.8) is 0 Å². The predicted octanol–water partition coefficient (Wildman–Crippen LogP) is 0.0870. The Bertz CT molecular complexity index is 502. The summed E-state index contributed by atoms with van der Waals surface area (Å²) in [7, 11) is 0. The number of rotatable bonds is 3. The van der Waals surface area contributed by atoms with E-state index in [1.807, 2.05) is 4.90 Å². The van der Waals surface area contributed by atoms with Crippen LogP contribution in [-0.4, -0.2) is 66.1 Å². The van der Waals surface area contributed by atoms with Gasteiger partial charge in [0.2, 0.25) is 0 Å². The minimum absolute atomic E-state index is 0.0860. The van der Waals surface area contributed by atoms with Gasteiger partial charge >= 0.3 is 0 Å². The molecule has 2 fully saturated rings. The molecular weight excluding hydrogens is 268 g/mol. The fraction of sp³-hybridized carbons (Fsp3) is 0.600. The molecule has 1 atom stereocenters. The lowest BCUT2D eigenvalue weighted by Gasteiger charge is -2.32. The molecule has 6 nitrogen and oxygen atoms in total. The van der Waals surface area contributed by atoms with Crippen molar-refractivity contribution in [3.8, 4) is 0 Å². The van der Waals surface area contributed by atoms with E-state index in [9.17, 15) is 4.79 Å². The fourth-order valence-corrected chi connectivity index (χ4v) is 3.07. The highest BCUT2D eigenvalue weighted by Crippen LogP contribution is 2.19. The third-order valence-corrected chi connectivity index (χ3v) is 4.29. The summed E-state index contributed by atoms with van der Waals surface area (Å²) in [5.41, 5.74) is 7.03. The highest BCUT2D eigenvalue weighted by molar-refractivity contribution is 5.94. The van der Waals surface area contributed by atoms with Crippen molar-refractivity contribution >= 4 is 5.91 Å². The van der Waals surface area contributed by atoms with Crippen molar-refractivity contribution < 1.29 is 9.53 Å². The zero-order valence-corrected chi connectivity index (χ0v) is 12.2. The van der Waals surface area contributed by atoms with Crippen LogP contribution in [0.3, 0.4) is 0 Å². The molecule has 0 radical (unpaired) electrons. The normalized spacial score (nSPS) is 23.5. The summed E-state index contributed by atoms with van der Waals surface area (Å²) in [5, 5.41) is 0. The molecule has 0 aliphatic carbocycles. The first-order valence-electron chi connectivity index (χ1n) is 7.54. The van der Waals surface area contributed by atoms with Crippen LogP contribution in [0.1, 0.15) is 22.5 Å². The SMILES string of the molecule is NCc1cc(C(=O)N2CCC(N3CCOCC3)C2)ccn1. The number of likely N-dealkylation sites (tertiary alicyclic amines) is 1. The summed E-state index contributed by atoms with van der Waals surface area (Å²) in [6.45, 7) is 5.53. The van der Waals surface area contributed by atoms with Crippen molar-refractivity contribution in [1.29, 1.82) is 0 Å². The average Bonchev–Trinajstić information content (AvgIpc) is 3.05. The first-order chi connectivity index (χ1) is 10.3. The molecule has 6 heteroatoms. The van der Waals surface area contributed by atoms with Gasteiger partial charge in [-0.15, -0.1) is 0 Å². The zero-order valence-electron chi connectivity index (χ0n) is 12.2. The number of carbonyl (C=O) groups is 1. The van der Waals surface area contributed by atoms with E-state index in [4.69, 9.17) is 10.5 Å². The third-order valence-electron chi connectivity index (χ3n) is 4.29. The molecule has 2 aliphatic rings. The van der Waals surface area contributed by atoms with Gasteiger partial charge in [0.15, 0.2) is 0 Å². The molecule has 1 aromatic rings. The van der Waals surface area contributed by atoms with E-state index in [0.29, 0.717) is 18.2 Å². The Labute approximate surface area is 124 Å². The van der Waals surface area contributed by atoms with Gasteiger partial charge in [0.1, 0.15) is 0 Å². The number of hydrogen-bond acceptors (Lipinski definition) is 5. The monoisotopic (exact) mass is 290 g/mol. The Morgan fingerprint density at radius 1 is 1.38 bits per heavy atom. The van der Waals surface area contributed by atoms with Crippen LogP contribution in [0.5, 0.6) is 0 Å². The second kappa shape index (κ2) is 6.51. The highest BCUT2D eigenvalue weighted by Gasteiger charge is 2.31. The molecule has 0 spiro atoms. The van der Waals surface area contributed by atoms with Crippen molar-refractivity contribution in [2.45, 2.75) is 19.0 Å². The Balaban J connectivity index is 1.63. The lowest BCUT2D eigenvalue weighted by Crippen LogP contribution is -2.45. The molecule has 2 aliphatic heterocycles. The van der Waals surface area contributed by atoms with E-state index in [2.05, 4.69) is 9.88 Å². The van der Waals surface area contributed by atoms with Crippen LogP contribution in [0.4, 0.5) is 0 Å². The van der Waals surface area contributed by atoms with Gasteiger partial charge in [0.05, 0.1) is 18.9 Å². The minimum atomic E-state index is 0.0860. The van der Waals surface area contributed by atoms with Crippen molar-refractivity contribution in [2.24, 2.45) is 5.73 Å². The van der Waals surface area contributed by atoms with Gasteiger partial charge in [-0.1, -0.05) is 0 Å². The van der Waals surface area contributed by atoms with Crippen molar-refractivity contribution in [3.05, 3.63) is 29.6 Å². The van der Waals surface area contributed by atoms with Gasteiger partial charge in [-0.2, -0.15) is 0 Å². The van der Waals surface area contributed by atoms with Gasteiger partial charge in [-0.3, -0.25) is 14.7 Å². The summed E-state index contributed by atoms with van der Waals surface area (Å²) in [4.78, 5) is 21.1. The molecule has 1 unspecified atom stereocenters. The zero-order chi connectivity index (χ0) is 14.7. The van der Waals surface area contributed by atoms with Crippen molar-refractivity contribution in [1.82, 2.24) is 14.8 Å². The van der Waals surface area contributed by atoms with Crippen LogP contribution in [0, 0.1) is 0 Å². The summed E-state index contributed by atoms with van der Waals surface area (Å²) in [6.07, 6.45) is 2.70. The second-order valence-corrected chi connectivity index (χ2v) is 5.58. The topological polar surface area (TPSA) is 71.7 Å². The fourth-order valence-electron chi connectivity index (χ4n) is 3.07. The molecule has 1 amide bonds. The molecule has 21 heavy (non-hydrogen) atoms. The molecule has 0 bridgehead atoms. The largest absolute Gasteiger partial charge is 0.379 e. The van der Waals surface area contributed by atoms with E-state index in [1.165, 1.54) is 0 Å². The quantitative estimate of drug-likeness (QED) is 0.854. The molecule has 3 rings (SSSR count). The second-order valence-electron chi connectivity index (χ2n) is 5.58. The minimum Gasteiger partial charge on any atom is -0.379 e. The maximum absolute atomic E-state index is 12.6. The Morgan fingerprint density at radius 3 is 2.95 bits per heavy atom. The number of nitrogens with two attached hydrogens (primary N) is 1. The van der Waals surface area contributed by atoms with Crippen LogP contribution >= 0.6 is 0 Å². The van der Waals surface area contributed by atoms with Crippen LogP contribution in [0.2, 0.25) is 0 Å². The van der Waals surface area contributed by atoms with E-state index in [-0.39, 0.29) is 5.91 Å². The highest BCUT2D eigenvalue weighted by atomic mass is 16.5. The number of pyridine rings is 1. The summed E-state index contributed by atoms with van der Waals surface area (Å²) in [5.74, 6) is 0.0860. The van der Waals surface area contributed by atoms with Gasteiger partial charge < -0.3 is 15.4 Å². The Morgan fingerprint density at radius 2 is 2.19 bits per heavy atom. The lowest BCUT2D eigenvalue weighted by atomic mass is 10.2. The molecule has 1 aromatic heterocycles.